The van der Waals surface area contributed by atoms with E-state index in [9.17, 15) is 4.79 Å². The molecule has 0 saturated carbocycles. The summed E-state index contributed by atoms with van der Waals surface area (Å²) >= 11 is 0. The molecule has 3 heteroatoms. The number of piperidine rings is 1. The van der Waals surface area contributed by atoms with Gasteiger partial charge in [-0.2, -0.15) is 0 Å². The number of carbonyl (C=O) groups is 1. The lowest BCUT2D eigenvalue weighted by atomic mass is 9.73. The molecule has 0 aromatic heterocycles. The van der Waals surface area contributed by atoms with Crippen LogP contribution in [0.25, 0.3) is 0 Å². The van der Waals surface area contributed by atoms with Crippen LogP contribution in [0.1, 0.15) is 44.7 Å². The van der Waals surface area contributed by atoms with Gasteiger partial charge < -0.3 is 9.64 Å². The average molecular weight is 301 g/mol. The highest BCUT2D eigenvalue weighted by Crippen LogP contribution is 2.37. The predicted octanol–water partition coefficient (Wildman–Crippen LogP) is 4.45. The highest BCUT2D eigenvalue weighted by atomic mass is 16.6. The van der Waals surface area contributed by atoms with Gasteiger partial charge in [-0.1, -0.05) is 35.9 Å². The lowest BCUT2D eigenvalue weighted by molar-refractivity contribution is 0.0183. The Morgan fingerprint density at radius 3 is 2.23 bits per heavy atom. The van der Waals surface area contributed by atoms with Gasteiger partial charge in [0.15, 0.2) is 0 Å². The van der Waals surface area contributed by atoms with Gasteiger partial charge in [0.25, 0.3) is 0 Å². The Labute approximate surface area is 134 Å². The summed E-state index contributed by atoms with van der Waals surface area (Å²) in [6, 6.07) is 8.64. The number of carbonyl (C=O) groups excluding carboxylic acids is 1. The standard InChI is InChI=1S/C19H27NO2/c1-6-19(16-9-7-15(2)8-10-16)11-13-20(14-12-19)17(21)22-18(3,4)5/h6-10H,1,11-14H2,2-5H3. The fourth-order valence-corrected chi connectivity index (χ4v) is 2.91. The van der Waals surface area contributed by atoms with E-state index in [0.29, 0.717) is 13.1 Å². The Hall–Kier alpha value is -1.77. The Balaban J connectivity index is 2.07. The second kappa shape index (κ2) is 6.15. The summed E-state index contributed by atoms with van der Waals surface area (Å²) in [6.45, 7) is 13.2. The zero-order valence-electron chi connectivity index (χ0n) is 14.2. The van der Waals surface area contributed by atoms with Crippen molar-refractivity contribution in [1.82, 2.24) is 4.90 Å². The molecule has 0 radical (unpaired) electrons. The van der Waals surface area contributed by atoms with Gasteiger partial charge in [-0.25, -0.2) is 4.79 Å². The molecule has 1 saturated heterocycles. The van der Waals surface area contributed by atoms with Crippen molar-refractivity contribution in [2.45, 2.75) is 51.6 Å². The molecule has 2 rings (SSSR count). The molecular formula is C19H27NO2. The van der Waals surface area contributed by atoms with E-state index in [0.717, 1.165) is 12.8 Å². The Bertz CT molecular complexity index is 532. The molecule has 22 heavy (non-hydrogen) atoms. The lowest BCUT2D eigenvalue weighted by Crippen LogP contribution is -2.46. The van der Waals surface area contributed by atoms with Crippen LogP contribution in [0, 0.1) is 6.92 Å². The first-order chi connectivity index (χ1) is 10.3. The molecule has 0 aliphatic carbocycles. The minimum Gasteiger partial charge on any atom is -0.444 e. The quantitative estimate of drug-likeness (QED) is 0.755. The monoisotopic (exact) mass is 301 g/mol. The van der Waals surface area contributed by atoms with Gasteiger partial charge in [0.1, 0.15) is 5.60 Å². The lowest BCUT2D eigenvalue weighted by Gasteiger charge is -2.40. The molecular weight excluding hydrogens is 274 g/mol. The molecule has 0 atom stereocenters. The minimum absolute atomic E-state index is 0.0355. The molecule has 0 unspecified atom stereocenters. The van der Waals surface area contributed by atoms with Crippen LogP contribution in [-0.2, 0) is 10.2 Å². The molecule has 0 spiro atoms. The summed E-state index contributed by atoms with van der Waals surface area (Å²) < 4.78 is 5.46. The first-order valence-electron chi connectivity index (χ1n) is 7.94. The summed E-state index contributed by atoms with van der Waals surface area (Å²) in [4.78, 5) is 14.0. The van der Waals surface area contributed by atoms with Gasteiger partial charge >= 0.3 is 6.09 Å². The molecule has 3 nitrogen and oxygen atoms in total. The zero-order valence-corrected chi connectivity index (χ0v) is 14.2. The number of amides is 1. The fourth-order valence-electron chi connectivity index (χ4n) is 2.91. The smallest absolute Gasteiger partial charge is 0.410 e. The van der Waals surface area contributed by atoms with E-state index in [1.54, 1.807) is 4.90 Å². The Morgan fingerprint density at radius 2 is 1.77 bits per heavy atom. The maximum atomic E-state index is 12.2. The van der Waals surface area contributed by atoms with Crippen molar-refractivity contribution in [2.24, 2.45) is 0 Å². The van der Waals surface area contributed by atoms with Crippen LogP contribution in [-0.4, -0.2) is 29.7 Å². The van der Waals surface area contributed by atoms with E-state index in [-0.39, 0.29) is 11.5 Å². The van der Waals surface area contributed by atoms with Gasteiger partial charge in [0, 0.05) is 18.5 Å². The third-order valence-electron chi connectivity index (χ3n) is 4.32. The molecule has 1 fully saturated rings. The third-order valence-corrected chi connectivity index (χ3v) is 4.32. The first-order valence-corrected chi connectivity index (χ1v) is 7.94. The number of hydrogen-bond acceptors (Lipinski definition) is 2. The van der Waals surface area contributed by atoms with E-state index >= 15 is 0 Å². The van der Waals surface area contributed by atoms with Gasteiger partial charge in [-0.15, -0.1) is 6.58 Å². The molecule has 0 N–H and O–H groups in total. The second-order valence-electron chi connectivity index (χ2n) is 7.19. The number of likely N-dealkylation sites (tertiary alicyclic amines) is 1. The van der Waals surface area contributed by atoms with Crippen LogP contribution in [0.5, 0.6) is 0 Å². The number of allylic oxidation sites excluding steroid dienone is 1. The first kappa shape index (κ1) is 16.6. The van der Waals surface area contributed by atoms with Crippen LogP contribution >= 0.6 is 0 Å². The van der Waals surface area contributed by atoms with Crippen molar-refractivity contribution in [2.75, 3.05) is 13.1 Å². The molecule has 120 valence electrons. The van der Waals surface area contributed by atoms with Gasteiger partial charge in [0.2, 0.25) is 0 Å². The Kier molecular flexibility index (Phi) is 4.64. The van der Waals surface area contributed by atoms with Crippen molar-refractivity contribution >= 4 is 6.09 Å². The number of rotatable bonds is 2. The van der Waals surface area contributed by atoms with E-state index in [4.69, 9.17) is 4.74 Å². The molecule has 1 amide bonds. The maximum Gasteiger partial charge on any atom is 0.410 e. The van der Waals surface area contributed by atoms with Crippen molar-refractivity contribution in [3.8, 4) is 0 Å². The minimum atomic E-state index is -0.443. The SMILES string of the molecule is C=CC1(c2ccc(C)cc2)CCN(C(=O)OC(C)(C)C)CC1. The predicted molar refractivity (Wildman–Crippen MR) is 90.1 cm³/mol. The third kappa shape index (κ3) is 3.70. The summed E-state index contributed by atoms with van der Waals surface area (Å²) in [5, 5.41) is 0. The van der Waals surface area contributed by atoms with E-state index in [2.05, 4.69) is 37.8 Å². The van der Waals surface area contributed by atoms with Crippen LogP contribution in [0.15, 0.2) is 36.9 Å². The molecule has 0 bridgehead atoms. The van der Waals surface area contributed by atoms with Gasteiger partial charge in [-0.3, -0.25) is 0 Å². The molecule has 1 aromatic rings. The second-order valence-corrected chi connectivity index (χ2v) is 7.19. The summed E-state index contributed by atoms with van der Waals surface area (Å²) in [5.74, 6) is 0. The van der Waals surface area contributed by atoms with E-state index in [1.807, 2.05) is 26.8 Å². The van der Waals surface area contributed by atoms with Crippen LogP contribution < -0.4 is 0 Å². The molecule has 1 aliphatic rings. The van der Waals surface area contributed by atoms with E-state index < -0.39 is 5.60 Å². The maximum absolute atomic E-state index is 12.2. The molecule has 1 aromatic carbocycles. The van der Waals surface area contributed by atoms with Crippen LogP contribution in [0.3, 0.4) is 0 Å². The van der Waals surface area contributed by atoms with Gasteiger partial charge in [0.05, 0.1) is 0 Å². The number of aryl methyl sites for hydroxylation is 1. The highest BCUT2D eigenvalue weighted by molar-refractivity contribution is 5.68. The zero-order chi connectivity index (χ0) is 16.4. The van der Waals surface area contributed by atoms with Crippen molar-refractivity contribution in [1.29, 1.82) is 0 Å². The summed E-state index contributed by atoms with van der Waals surface area (Å²) in [5.41, 5.74) is 2.07. The summed E-state index contributed by atoms with van der Waals surface area (Å²) in [7, 11) is 0. The number of hydrogen-bond donors (Lipinski definition) is 0. The van der Waals surface area contributed by atoms with Crippen LogP contribution in [0.4, 0.5) is 4.79 Å². The van der Waals surface area contributed by atoms with Crippen molar-refractivity contribution in [3.63, 3.8) is 0 Å². The topological polar surface area (TPSA) is 29.5 Å². The largest absolute Gasteiger partial charge is 0.444 e. The molecule has 1 heterocycles. The average Bonchev–Trinajstić information content (AvgIpc) is 2.46. The number of nitrogens with zero attached hydrogens (tertiary/aromatic N) is 1. The molecule has 1 aliphatic heterocycles. The summed E-state index contributed by atoms with van der Waals surface area (Å²) in [6.07, 6.45) is 3.61. The van der Waals surface area contributed by atoms with E-state index in [1.165, 1.54) is 11.1 Å². The Morgan fingerprint density at radius 1 is 1.23 bits per heavy atom. The fraction of sp³-hybridized carbons (Fsp3) is 0.526. The number of ether oxygens (including phenoxy) is 1. The normalized spacial score (nSPS) is 17.9. The van der Waals surface area contributed by atoms with Crippen LogP contribution in [0.2, 0.25) is 0 Å². The van der Waals surface area contributed by atoms with Crippen molar-refractivity contribution in [3.05, 3.63) is 48.0 Å². The number of benzene rings is 1. The van der Waals surface area contributed by atoms with Crippen molar-refractivity contribution < 1.29 is 9.53 Å². The van der Waals surface area contributed by atoms with Gasteiger partial charge in [-0.05, 0) is 46.1 Å². The highest BCUT2D eigenvalue weighted by Gasteiger charge is 2.36.